The van der Waals surface area contributed by atoms with Gasteiger partial charge in [-0.1, -0.05) is 26.0 Å². The number of phenolic OH excluding ortho intramolecular Hbond substituents is 1. The summed E-state index contributed by atoms with van der Waals surface area (Å²) in [5.41, 5.74) is 1.31. The van der Waals surface area contributed by atoms with Crippen molar-refractivity contribution < 1.29 is 5.11 Å². The minimum Gasteiger partial charge on any atom is -0.508 e. The second-order valence-corrected chi connectivity index (χ2v) is 3.80. The summed E-state index contributed by atoms with van der Waals surface area (Å²) in [5.74, 6) is 0.350. The summed E-state index contributed by atoms with van der Waals surface area (Å²) in [6.07, 6.45) is 2.28. The molecule has 0 bridgehead atoms. The predicted molar refractivity (Wildman–Crippen MR) is 74.5 cm³/mol. The van der Waals surface area contributed by atoms with E-state index in [-0.39, 0.29) is 17.0 Å². The van der Waals surface area contributed by atoms with E-state index in [1.807, 2.05) is 12.1 Å². The molecule has 0 aliphatic rings. The van der Waals surface area contributed by atoms with Gasteiger partial charge in [-0.15, -0.1) is 17.0 Å². The third kappa shape index (κ3) is 5.52. The zero-order valence-electron chi connectivity index (χ0n) is 10.1. The monoisotopic (exact) mass is 287 g/mol. The first-order valence-electron chi connectivity index (χ1n) is 5.76. The number of aromatic hydroxyl groups is 1. The third-order valence-electron chi connectivity index (χ3n) is 2.77. The van der Waals surface area contributed by atoms with Crippen molar-refractivity contribution in [2.75, 3.05) is 19.6 Å². The Labute approximate surface area is 109 Å². The fourth-order valence-corrected chi connectivity index (χ4v) is 1.71. The molecule has 2 nitrogen and oxygen atoms in total. The Kier molecular flexibility index (Phi) is 8.30. The summed E-state index contributed by atoms with van der Waals surface area (Å²) in [6.45, 7) is 7.82. The highest BCUT2D eigenvalue weighted by Gasteiger charge is 1.99. The molecule has 0 radical (unpaired) electrons. The lowest BCUT2D eigenvalue weighted by Gasteiger charge is -2.17. The number of nitrogens with zero attached hydrogens (tertiary/aromatic N) is 1. The molecule has 0 aliphatic heterocycles. The molecule has 1 aromatic rings. The van der Waals surface area contributed by atoms with E-state index in [9.17, 15) is 0 Å². The van der Waals surface area contributed by atoms with Crippen LogP contribution in [0.2, 0.25) is 0 Å². The van der Waals surface area contributed by atoms with Gasteiger partial charge in [0.25, 0.3) is 0 Å². The van der Waals surface area contributed by atoms with Gasteiger partial charge in [0, 0.05) is 0 Å². The molecule has 1 rings (SSSR count). The van der Waals surface area contributed by atoms with E-state index in [1.54, 1.807) is 12.1 Å². The number of aryl methyl sites for hydroxylation is 1. The topological polar surface area (TPSA) is 23.5 Å². The largest absolute Gasteiger partial charge is 0.508 e. The molecule has 3 heteroatoms. The highest BCUT2D eigenvalue weighted by molar-refractivity contribution is 8.93. The van der Waals surface area contributed by atoms with Gasteiger partial charge in [0.05, 0.1) is 0 Å². The summed E-state index contributed by atoms with van der Waals surface area (Å²) in [4.78, 5) is 2.43. The molecule has 0 atom stereocenters. The summed E-state index contributed by atoms with van der Waals surface area (Å²) in [7, 11) is 0. The molecule has 0 saturated carbocycles. The first-order chi connectivity index (χ1) is 7.26. The first kappa shape index (κ1) is 15.5. The van der Waals surface area contributed by atoms with E-state index in [0.717, 1.165) is 26.1 Å². The van der Waals surface area contributed by atoms with Gasteiger partial charge < -0.3 is 10.0 Å². The van der Waals surface area contributed by atoms with Gasteiger partial charge in [0.1, 0.15) is 5.75 Å². The second kappa shape index (κ2) is 8.59. The minimum absolute atomic E-state index is 0. The molecule has 0 saturated heterocycles. The lowest BCUT2D eigenvalue weighted by atomic mass is 10.1. The maximum atomic E-state index is 9.14. The van der Waals surface area contributed by atoms with Crippen molar-refractivity contribution in [3.05, 3.63) is 29.8 Å². The molecule has 16 heavy (non-hydrogen) atoms. The number of hydrogen-bond acceptors (Lipinski definition) is 2. The normalized spacial score (nSPS) is 10.2. The molecule has 1 N–H and O–H groups in total. The standard InChI is InChI=1S/C13H21NO.BrH/c1-3-14(4-2)11-5-6-12-7-9-13(15)10-8-12;/h7-10,15H,3-6,11H2,1-2H3;1H. The lowest BCUT2D eigenvalue weighted by Crippen LogP contribution is -2.24. The number of phenols is 1. The molecule has 0 spiro atoms. The van der Waals surface area contributed by atoms with Crippen molar-refractivity contribution in [1.29, 1.82) is 0 Å². The van der Waals surface area contributed by atoms with Gasteiger partial charge in [0.2, 0.25) is 0 Å². The Hall–Kier alpha value is -0.540. The Morgan fingerprint density at radius 1 is 1.06 bits per heavy atom. The van der Waals surface area contributed by atoms with Crippen LogP contribution in [-0.4, -0.2) is 29.6 Å². The van der Waals surface area contributed by atoms with Crippen LogP contribution >= 0.6 is 17.0 Å². The van der Waals surface area contributed by atoms with Crippen molar-refractivity contribution in [2.24, 2.45) is 0 Å². The molecular formula is C13H22BrNO. The SMILES string of the molecule is Br.CCN(CC)CCCc1ccc(O)cc1. The van der Waals surface area contributed by atoms with Crippen molar-refractivity contribution in [3.63, 3.8) is 0 Å². The van der Waals surface area contributed by atoms with Crippen LogP contribution in [0.1, 0.15) is 25.8 Å². The molecule has 92 valence electrons. The Bertz CT molecular complexity index is 270. The van der Waals surface area contributed by atoms with Gasteiger partial charge in [-0.25, -0.2) is 0 Å². The Morgan fingerprint density at radius 3 is 2.12 bits per heavy atom. The lowest BCUT2D eigenvalue weighted by molar-refractivity contribution is 0.300. The minimum atomic E-state index is 0. The number of halogens is 1. The van der Waals surface area contributed by atoms with Gasteiger partial charge >= 0.3 is 0 Å². The highest BCUT2D eigenvalue weighted by atomic mass is 79.9. The quantitative estimate of drug-likeness (QED) is 0.868. The maximum Gasteiger partial charge on any atom is 0.115 e. The maximum absolute atomic E-state index is 9.14. The van der Waals surface area contributed by atoms with Crippen LogP contribution in [0.5, 0.6) is 5.75 Å². The smallest absolute Gasteiger partial charge is 0.115 e. The zero-order chi connectivity index (χ0) is 11.1. The van der Waals surface area contributed by atoms with Gasteiger partial charge in [-0.3, -0.25) is 0 Å². The number of rotatable bonds is 6. The number of benzene rings is 1. The molecule has 1 aromatic carbocycles. The average Bonchev–Trinajstić information content (AvgIpc) is 2.27. The van der Waals surface area contributed by atoms with Crippen LogP contribution in [0.15, 0.2) is 24.3 Å². The fraction of sp³-hybridized carbons (Fsp3) is 0.538. The van der Waals surface area contributed by atoms with E-state index in [0.29, 0.717) is 5.75 Å². The van der Waals surface area contributed by atoms with Crippen LogP contribution in [0.3, 0.4) is 0 Å². The second-order valence-electron chi connectivity index (χ2n) is 3.80. The van der Waals surface area contributed by atoms with Crippen molar-refractivity contribution in [3.8, 4) is 5.75 Å². The summed E-state index contributed by atoms with van der Waals surface area (Å²) < 4.78 is 0. The molecule has 0 aliphatic carbocycles. The van der Waals surface area contributed by atoms with E-state index in [4.69, 9.17) is 5.11 Å². The van der Waals surface area contributed by atoms with E-state index in [2.05, 4.69) is 18.7 Å². The van der Waals surface area contributed by atoms with Crippen LogP contribution < -0.4 is 0 Å². The fourth-order valence-electron chi connectivity index (χ4n) is 1.71. The van der Waals surface area contributed by atoms with E-state index in [1.165, 1.54) is 12.0 Å². The molecule has 0 amide bonds. The summed E-state index contributed by atoms with van der Waals surface area (Å²) in [5, 5.41) is 9.14. The average molecular weight is 288 g/mol. The summed E-state index contributed by atoms with van der Waals surface area (Å²) in [6, 6.07) is 7.51. The van der Waals surface area contributed by atoms with Crippen LogP contribution in [0.4, 0.5) is 0 Å². The first-order valence-corrected chi connectivity index (χ1v) is 5.76. The predicted octanol–water partition coefficient (Wildman–Crippen LogP) is 3.24. The van der Waals surface area contributed by atoms with Crippen molar-refractivity contribution >= 4 is 17.0 Å². The number of hydrogen-bond donors (Lipinski definition) is 1. The van der Waals surface area contributed by atoms with Crippen molar-refractivity contribution in [2.45, 2.75) is 26.7 Å². The van der Waals surface area contributed by atoms with Crippen LogP contribution in [0.25, 0.3) is 0 Å². The van der Waals surface area contributed by atoms with Crippen LogP contribution in [-0.2, 0) is 6.42 Å². The zero-order valence-corrected chi connectivity index (χ0v) is 11.9. The van der Waals surface area contributed by atoms with E-state index >= 15 is 0 Å². The van der Waals surface area contributed by atoms with Gasteiger partial charge in [-0.2, -0.15) is 0 Å². The summed E-state index contributed by atoms with van der Waals surface area (Å²) >= 11 is 0. The van der Waals surface area contributed by atoms with E-state index < -0.39 is 0 Å². The Morgan fingerprint density at radius 2 is 1.62 bits per heavy atom. The Balaban J connectivity index is 0.00000225. The van der Waals surface area contributed by atoms with Gasteiger partial charge in [0.15, 0.2) is 0 Å². The van der Waals surface area contributed by atoms with Crippen molar-refractivity contribution in [1.82, 2.24) is 4.90 Å². The van der Waals surface area contributed by atoms with Crippen LogP contribution in [0, 0.1) is 0 Å². The molecule has 0 heterocycles. The third-order valence-corrected chi connectivity index (χ3v) is 2.77. The molecular weight excluding hydrogens is 266 g/mol. The molecule has 0 aromatic heterocycles. The highest BCUT2D eigenvalue weighted by Crippen LogP contribution is 2.11. The molecule has 0 unspecified atom stereocenters. The molecule has 0 fully saturated rings. The van der Waals surface area contributed by atoms with Gasteiger partial charge in [-0.05, 0) is 50.2 Å².